The van der Waals surface area contributed by atoms with Gasteiger partial charge in [0, 0.05) is 11.5 Å². The van der Waals surface area contributed by atoms with Gasteiger partial charge in [-0.2, -0.15) is 4.68 Å². The Morgan fingerprint density at radius 2 is 1.91 bits per heavy atom. The van der Waals surface area contributed by atoms with Crippen LogP contribution in [0.2, 0.25) is 0 Å². The largest absolute Gasteiger partial charge is 0.296 e. The van der Waals surface area contributed by atoms with Crippen LogP contribution in [0.25, 0.3) is 16.4 Å². The van der Waals surface area contributed by atoms with Crippen molar-refractivity contribution >= 4 is 17.6 Å². The maximum absolute atomic E-state index is 13.1. The highest BCUT2D eigenvalue weighted by molar-refractivity contribution is 7.13. The Kier molecular flexibility index (Phi) is 3.76. The van der Waals surface area contributed by atoms with E-state index in [0.29, 0.717) is 22.7 Å². The lowest BCUT2D eigenvalue weighted by Gasteiger charge is -2.03. The van der Waals surface area contributed by atoms with Gasteiger partial charge in [0.15, 0.2) is 12.0 Å². The van der Waals surface area contributed by atoms with E-state index in [2.05, 4.69) is 20.5 Å². The number of nitrogens with zero attached hydrogens (tertiary/aromatic N) is 5. The molecular weight excluding hydrogens is 305 g/mol. The fourth-order valence-electron chi connectivity index (χ4n) is 1.93. The molecule has 0 saturated heterocycles. The number of carbonyl (C=O) groups is 1. The summed E-state index contributed by atoms with van der Waals surface area (Å²) in [5.41, 5.74) is 1.28. The zero-order valence-corrected chi connectivity index (χ0v) is 12.7. The molecule has 1 aromatic carbocycles. The summed E-state index contributed by atoms with van der Waals surface area (Å²) in [7, 11) is 0. The summed E-state index contributed by atoms with van der Waals surface area (Å²) in [5.74, 6) is -0.108. The van der Waals surface area contributed by atoms with Crippen molar-refractivity contribution in [1.82, 2.24) is 25.2 Å². The molecule has 3 rings (SSSR count). The summed E-state index contributed by atoms with van der Waals surface area (Å²) < 4.78 is 14.6. The van der Waals surface area contributed by atoms with Crippen molar-refractivity contribution in [3.8, 4) is 16.4 Å². The lowest BCUT2D eigenvalue weighted by Crippen LogP contribution is -1.99. The van der Waals surface area contributed by atoms with E-state index in [0.717, 1.165) is 5.01 Å². The predicted octanol–water partition coefficient (Wildman–Crippen LogP) is 2.86. The molecule has 0 saturated carbocycles. The summed E-state index contributed by atoms with van der Waals surface area (Å²) >= 11 is 1.38. The highest BCUT2D eigenvalue weighted by Crippen LogP contribution is 2.28. The van der Waals surface area contributed by atoms with Crippen molar-refractivity contribution in [2.24, 2.45) is 0 Å². The van der Waals surface area contributed by atoms with E-state index in [1.807, 2.05) is 13.8 Å². The Morgan fingerprint density at radius 3 is 2.50 bits per heavy atom. The van der Waals surface area contributed by atoms with Crippen LogP contribution in [0.15, 0.2) is 24.3 Å². The quantitative estimate of drug-likeness (QED) is 0.692. The van der Waals surface area contributed by atoms with E-state index in [1.165, 1.54) is 28.2 Å². The van der Waals surface area contributed by atoms with E-state index in [9.17, 15) is 9.18 Å². The number of aromatic nitrogens is 5. The molecule has 0 aliphatic carbocycles. The van der Waals surface area contributed by atoms with Crippen LogP contribution in [0, 0.1) is 5.82 Å². The van der Waals surface area contributed by atoms with Crippen molar-refractivity contribution < 1.29 is 9.18 Å². The van der Waals surface area contributed by atoms with E-state index in [1.54, 1.807) is 12.1 Å². The van der Waals surface area contributed by atoms with Gasteiger partial charge in [0.1, 0.15) is 16.5 Å². The number of hydrogen-bond donors (Lipinski definition) is 0. The maximum atomic E-state index is 13.1. The first kappa shape index (κ1) is 14.5. The lowest BCUT2D eigenvalue weighted by molar-refractivity contribution is 0.111. The van der Waals surface area contributed by atoms with Crippen molar-refractivity contribution in [3.63, 3.8) is 0 Å². The molecule has 0 fully saturated rings. The molecule has 6 nitrogen and oxygen atoms in total. The number of carbonyl (C=O) groups excluding carboxylic acids is 1. The molecule has 0 spiro atoms. The van der Waals surface area contributed by atoms with Gasteiger partial charge >= 0.3 is 0 Å². The first-order valence-corrected chi connectivity index (χ1v) is 7.42. The average Bonchev–Trinajstić information content (AvgIpc) is 3.14. The van der Waals surface area contributed by atoms with E-state index >= 15 is 0 Å². The van der Waals surface area contributed by atoms with Crippen LogP contribution < -0.4 is 0 Å². The zero-order chi connectivity index (χ0) is 15.7. The summed E-state index contributed by atoms with van der Waals surface area (Å²) in [6.45, 7) is 4.03. The number of benzene rings is 1. The Labute approximate surface area is 129 Å². The van der Waals surface area contributed by atoms with E-state index in [4.69, 9.17) is 0 Å². The third kappa shape index (κ3) is 2.52. The average molecular weight is 317 g/mol. The normalized spacial score (nSPS) is 11.1. The zero-order valence-electron chi connectivity index (χ0n) is 11.9. The Hall–Kier alpha value is -2.48. The first-order chi connectivity index (χ1) is 10.6. The summed E-state index contributed by atoms with van der Waals surface area (Å²) in [6, 6.07) is 5.78. The van der Waals surface area contributed by atoms with Crippen LogP contribution in [0.1, 0.15) is 35.3 Å². The van der Waals surface area contributed by atoms with Crippen molar-refractivity contribution in [1.29, 1.82) is 0 Å². The topological polar surface area (TPSA) is 73.6 Å². The number of halogens is 1. The Balaban J connectivity index is 2.14. The molecule has 22 heavy (non-hydrogen) atoms. The van der Waals surface area contributed by atoms with Crippen LogP contribution in [0.3, 0.4) is 0 Å². The Bertz CT molecular complexity index is 809. The Morgan fingerprint density at radius 1 is 1.18 bits per heavy atom. The first-order valence-electron chi connectivity index (χ1n) is 6.60. The van der Waals surface area contributed by atoms with Gasteiger partial charge in [-0.1, -0.05) is 30.4 Å². The molecule has 0 amide bonds. The maximum Gasteiger partial charge on any atom is 0.234 e. The van der Waals surface area contributed by atoms with Gasteiger partial charge in [0.05, 0.1) is 0 Å². The molecule has 2 aromatic heterocycles. The van der Waals surface area contributed by atoms with Gasteiger partial charge in [0.2, 0.25) is 5.13 Å². The van der Waals surface area contributed by atoms with Gasteiger partial charge in [-0.25, -0.2) is 4.39 Å². The molecule has 2 heterocycles. The van der Waals surface area contributed by atoms with Gasteiger partial charge in [-0.15, -0.1) is 15.3 Å². The predicted molar refractivity (Wildman–Crippen MR) is 79.7 cm³/mol. The fraction of sp³-hybridized carbons (Fsp3) is 0.214. The number of aldehydes is 1. The van der Waals surface area contributed by atoms with Gasteiger partial charge in [0.25, 0.3) is 0 Å². The molecule has 0 radical (unpaired) electrons. The molecule has 112 valence electrons. The fourth-order valence-corrected chi connectivity index (χ4v) is 2.73. The molecular formula is C14H12FN5OS. The molecule has 8 heteroatoms. The molecule has 0 aliphatic rings. The monoisotopic (exact) mass is 317 g/mol. The van der Waals surface area contributed by atoms with Crippen LogP contribution in [-0.2, 0) is 0 Å². The van der Waals surface area contributed by atoms with Crippen LogP contribution in [0.4, 0.5) is 4.39 Å². The minimum absolute atomic E-state index is 0.174. The molecule has 0 bridgehead atoms. The standard InChI is InChI=1S/C14H12FN5OS/c1-8(2)13-17-18-14(22-13)20-12(11(7-21)16-19-20)9-3-5-10(15)6-4-9/h3-8H,1-2H3. The second-order valence-electron chi connectivity index (χ2n) is 4.94. The van der Waals surface area contributed by atoms with Crippen LogP contribution in [0.5, 0.6) is 0 Å². The summed E-state index contributed by atoms with van der Waals surface area (Å²) in [4.78, 5) is 11.2. The SMILES string of the molecule is CC(C)c1nnc(-n2nnc(C=O)c2-c2ccc(F)cc2)s1. The summed E-state index contributed by atoms with van der Waals surface area (Å²) in [6.07, 6.45) is 0.618. The summed E-state index contributed by atoms with van der Waals surface area (Å²) in [5, 5.41) is 17.4. The minimum atomic E-state index is -0.353. The van der Waals surface area contributed by atoms with E-state index in [-0.39, 0.29) is 17.4 Å². The third-order valence-electron chi connectivity index (χ3n) is 3.03. The third-order valence-corrected chi connectivity index (χ3v) is 4.23. The van der Waals surface area contributed by atoms with E-state index < -0.39 is 0 Å². The molecule has 0 aliphatic heterocycles. The second kappa shape index (κ2) is 5.72. The lowest BCUT2D eigenvalue weighted by atomic mass is 10.1. The number of rotatable bonds is 4. The number of hydrogen-bond acceptors (Lipinski definition) is 6. The van der Waals surface area contributed by atoms with Crippen LogP contribution in [-0.4, -0.2) is 31.5 Å². The van der Waals surface area contributed by atoms with Crippen molar-refractivity contribution in [2.45, 2.75) is 19.8 Å². The molecule has 0 N–H and O–H groups in total. The molecule has 0 atom stereocenters. The highest BCUT2D eigenvalue weighted by atomic mass is 32.1. The minimum Gasteiger partial charge on any atom is -0.296 e. The molecule has 3 aromatic rings. The van der Waals surface area contributed by atoms with Gasteiger partial charge < -0.3 is 0 Å². The molecule has 0 unspecified atom stereocenters. The van der Waals surface area contributed by atoms with Crippen molar-refractivity contribution in [3.05, 3.63) is 40.8 Å². The van der Waals surface area contributed by atoms with Crippen molar-refractivity contribution in [2.75, 3.05) is 0 Å². The van der Waals surface area contributed by atoms with Gasteiger partial charge in [-0.05, 0) is 24.3 Å². The van der Waals surface area contributed by atoms with Gasteiger partial charge in [-0.3, -0.25) is 4.79 Å². The smallest absolute Gasteiger partial charge is 0.234 e. The second-order valence-corrected chi connectivity index (χ2v) is 5.92. The van der Waals surface area contributed by atoms with Crippen LogP contribution >= 0.6 is 11.3 Å². The highest BCUT2D eigenvalue weighted by Gasteiger charge is 2.19.